The van der Waals surface area contributed by atoms with Gasteiger partial charge in [-0.25, -0.2) is 0 Å². The van der Waals surface area contributed by atoms with Crippen molar-refractivity contribution >= 4 is 0 Å². The van der Waals surface area contributed by atoms with Gasteiger partial charge in [0.1, 0.15) is 0 Å². The van der Waals surface area contributed by atoms with Gasteiger partial charge in [-0.05, 0) is 55.2 Å². The van der Waals surface area contributed by atoms with E-state index < -0.39 is 0 Å². The Morgan fingerprint density at radius 1 is 1.05 bits per heavy atom. The van der Waals surface area contributed by atoms with Gasteiger partial charge >= 0.3 is 0 Å². The summed E-state index contributed by atoms with van der Waals surface area (Å²) in [4.78, 5) is 0. The van der Waals surface area contributed by atoms with Crippen molar-refractivity contribution in [2.45, 2.75) is 70.1 Å². The molecule has 0 saturated heterocycles. The minimum absolute atomic E-state index is 0.673. The molecule has 106 valence electrons. The lowest BCUT2D eigenvalue weighted by molar-refractivity contribution is 0.443. The second kappa shape index (κ2) is 7.69. The van der Waals surface area contributed by atoms with Gasteiger partial charge in [0, 0.05) is 0 Å². The summed E-state index contributed by atoms with van der Waals surface area (Å²) >= 11 is 0. The molecule has 0 heterocycles. The summed E-state index contributed by atoms with van der Waals surface area (Å²) in [6, 6.07) is 9.48. The first-order valence-electron chi connectivity index (χ1n) is 8.11. The normalized spacial score (nSPS) is 18.4. The minimum Gasteiger partial charge on any atom is -0.330 e. The summed E-state index contributed by atoms with van der Waals surface area (Å²) in [6.07, 6.45) is 10.7. The van der Waals surface area contributed by atoms with Crippen molar-refractivity contribution in [3.63, 3.8) is 0 Å². The van der Waals surface area contributed by atoms with Crippen molar-refractivity contribution in [1.29, 1.82) is 0 Å². The van der Waals surface area contributed by atoms with E-state index in [1.807, 2.05) is 0 Å². The Bertz CT molecular complexity index is 348. The number of hydrogen-bond acceptors (Lipinski definition) is 1. The highest BCUT2D eigenvalue weighted by atomic mass is 14.5. The molecule has 0 amide bonds. The molecule has 0 spiro atoms. The van der Waals surface area contributed by atoms with E-state index in [1.165, 1.54) is 50.5 Å². The van der Waals surface area contributed by atoms with E-state index in [2.05, 4.69) is 31.2 Å². The van der Waals surface area contributed by atoms with Crippen molar-refractivity contribution in [3.8, 4) is 0 Å². The van der Waals surface area contributed by atoms with Gasteiger partial charge in [-0.15, -0.1) is 0 Å². The van der Waals surface area contributed by atoms with Crippen LogP contribution in [-0.4, -0.2) is 6.54 Å². The summed E-state index contributed by atoms with van der Waals surface area (Å²) < 4.78 is 0. The first kappa shape index (κ1) is 14.6. The molecule has 0 bridgehead atoms. The Kier molecular flexibility index (Phi) is 5.91. The topological polar surface area (TPSA) is 26.0 Å². The quantitative estimate of drug-likeness (QED) is 0.717. The first-order chi connectivity index (χ1) is 9.31. The van der Waals surface area contributed by atoms with E-state index in [9.17, 15) is 0 Å². The lowest BCUT2D eigenvalue weighted by Crippen LogP contribution is -2.05. The number of rotatable bonds is 6. The van der Waals surface area contributed by atoms with Crippen LogP contribution in [0.1, 0.15) is 81.3 Å². The molecule has 0 aliphatic heterocycles. The summed E-state index contributed by atoms with van der Waals surface area (Å²) in [5.74, 6) is 1.50. The predicted molar refractivity (Wildman–Crippen MR) is 83.6 cm³/mol. The molecule has 1 aliphatic rings. The van der Waals surface area contributed by atoms with Crippen LogP contribution in [0.25, 0.3) is 0 Å². The van der Waals surface area contributed by atoms with Crippen molar-refractivity contribution in [1.82, 2.24) is 0 Å². The van der Waals surface area contributed by atoms with Crippen LogP contribution >= 0.6 is 0 Å². The van der Waals surface area contributed by atoms with Gasteiger partial charge in [0.25, 0.3) is 0 Å². The zero-order chi connectivity index (χ0) is 13.5. The highest BCUT2D eigenvalue weighted by Crippen LogP contribution is 2.33. The molecule has 0 radical (unpaired) electrons. The van der Waals surface area contributed by atoms with Gasteiger partial charge in [-0.1, -0.05) is 56.9 Å². The van der Waals surface area contributed by atoms with Crippen molar-refractivity contribution in [2.24, 2.45) is 5.73 Å². The average Bonchev–Trinajstić information content (AvgIpc) is 2.48. The monoisotopic (exact) mass is 259 g/mol. The number of unbranched alkanes of at least 4 members (excludes halogenated alkanes) is 1. The second-order valence-electron chi connectivity index (χ2n) is 6.19. The molecule has 1 aliphatic carbocycles. The van der Waals surface area contributed by atoms with Crippen LogP contribution in [0, 0.1) is 0 Å². The minimum atomic E-state index is 0.673. The predicted octanol–water partition coefficient (Wildman–Crippen LogP) is 4.97. The zero-order valence-electron chi connectivity index (χ0n) is 12.4. The maximum Gasteiger partial charge on any atom is -0.00773 e. The van der Waals surface area contributed by atoms with E-state index in [-0.39, 0.29) is 0 Å². The van der Waals surface area contributed by atoms with Crippen LogP contribution in [0.2, 0.25) is 0 Å². The molecule has 19 heavy (non-hydrogen) atoms. The Morgan fingerprint density at radius 3 is 2.37 bits per heavy atom. The molecule has 1 saturated carbocycles. The highest BCUT2D eigenvalue weighted by Gasteiger charge is 2.15. The Hall–Kier alpha value is -0.820. The Morgan fingerprint density at radius 2 is 1.74 bits per heavy atom. The fourth-order valence-electron chi connectivity index (χ4n) is 3.29. The lowest BCUT2D eigenvalue weighted by atomic mass is 9.83. The van der Waals surface area contributed by atoms with Crippen molar-refractivity contribution in [2.75, 3.05) is 6.54 Å². The summed E-state index contributed by atoms with van der Waals surface area (Å²) in [7, 11) is 0. The van der Waals surface area contributed by atoms with Crippen LogP contribution in [0.4, 0.5) is 0 Å². The van der Waals surface area contributed by atoms with Crippen molar-refractivity contribution in [3.05, 3.63) is 35.4 Å². The molecular weight excluding hydrogens is 230 g/mol. The molecule has 0 aromatic heterocycles. The van der Waals surface area contributed by atoms with E-state index in [4.69, 9.17) is 5.73 Å². The van der Waals surface area contributed by atoms with Gasteiger partial charge in [0.05, 0.1) is 0 Å². The highest BCUT2D eigenvalue weighted by molar-refractivity contribution is 5.27. The standard InChI is InChI=1S/C18H29N/c1-15(7-5-6-14-19)16-10-12-18(13-11-16)17-8-3-2-4-9-17/h10-13,15,17H,2-9,14,19H2,1H3. The van der Waals surface area contributed by atoms with Crippen LogP contribution in [0.5, 0.6) is 0 Å². The third kappa shape index (κ3) is 4.35. The zero-order valence-corrected chi connectivity index (χ0v) is 12.4. The van der Waals surface area contributed by atoms with Crippen LogP contribution in [0.15, 0.2) is 24.3 Å². The number of nitrogens with two attached hydrogens (primary N) is 1. The maximum atomic E-state index is 5.56. The van der Waals surface area contributed by atoms with Gasteiger partial charge in [0.2, 0.25) is 0 Å². The van der Waals surface area contributed by atoms with Gasteiger partial charge < -0.3 is 5.73 Å². The summed E-state index contributed by atoms with van der Waals surface area (Å²) in [6.45, 7) is 3.17. The maximum absolute atomic E-state index is 5.56. The largest absolute Gasteiger partial charge is 0.330 e. The molecule has 1 fully saturated rings. The average molecular weight is 259 g/mol. The van der Waals surface area contributed by atoms with Crippen LogP contribution in [-0.2, 0) is 0 Å². The smallest absolute Gasteiger partial charge is 0.00773 e. The second-order valence-corrected chi connectivity index (χ2v) is 6.19. The fourth-order valence-corrected chi connectivity index (χ4v) is 3.29. The van der Waals surface area contributed by atoms with E-state index in [0.717, 1.165) is 18.9 Å². The molecule has 1 aromatic carbocycles. The first-order valence-corrected chi connectivity index (χ1v) is 8.11. The van der Waals surface area contributed by atoms with E-state index >= 15 is 0 Å². The Balaban J connectivity index is 1.89. The molecule has 1 atom stereocenters. The van der Waals surface area contributed by atoms with E-state index in [1.54, 1.807) is 5.56 Å². The fraction of sp³-hybridized carbons (Fsp3) is 0.667. The van der Waals surface area contributed by atoms with Gasteiger partial charge in [0.15, 0.2) is 0 Å². The van der Waals surface area contributed by atoms with Crippen LogP contribution in [0.3, 0.4) is 0 Å². The van der Waals surface area contributed by atoms with Gasteiger partial charge in [-0.3, -0.25) is 0 Å². The molecule has 1 nitrogen and oxygen atoms in total. The molecule has 2 rings (SSSR count). The van der Waals surface area contributed by atoms with Crippen LogP contribution < -0.4 is 5.73 Å². The number of benzene rings is 1. The molecule has 2 N–H and O–H groups in total. The molecule has 1 unspecified atom stereocenters. The lowest BCUT2D eigenvalue weighted by Gasteiger charge is -2.22. The van der Waals surface area contributed by atoms with E-state index in [0.29, 0.717) is 5.92 Å². The Labute approximate surface area is 118 Å². The molecular formula is C18H29N. The summed E-state index contributed by atoms with van der Waals surface area (Å²) in [5.41, 5.74) is 8.62. The van der Waals surface area contributed by atoms with Gasteiger partial charge in [-0.2, -0.15) is 0 Å². The summed E-state index contributed by atoms with van der Waals surface area (Å²) in [5, 5.41) is 0. The molecule has 1 aromatic rings. The SMILES string of the molecule is CC(CCCCN)c1ccc(C2CCCCC2)cc1. The van der Waals surface area contributed by atoms with Crippen molar-refractivity contribution < 1.29 is 0 Å². The molecule has 1 heteroatoms. The third-order valence-electron chi connectivity index (χ3n) is 4.67. The third-order valence-corrected chi connectivity index (χ3v) is 4.67. The number of hydrogen-bond donors (Lipinski definition) is 1.